The van der Waals surface area contributed by atoms with Crippen molar-refractivity contribution in [1.82, 2.24) is 14.9 Å². The molecule has 33 heavy (non-hydrogen) atoms. The lowest BCUT2D eigenvalue weighted by Gasteiger charge is -2.19. The smallest absolute Gasteiger partial charge is 0.355 e. The molecular weight excluding hydrogens is 441 g/mol. The number of ketones is 1. The summed E-state index contributed by atoms with van der Waals surface area (Å²) in [5.74, 6) is -3.60. The van der Waals surface area contributed by atoms with E-state index in [2.05, 4.69) is 20.6 Å². The number of nitrogens with one attached hydrogen (secondary N) is 3. The molecule has 3 heterocycles. The van der Waals surface area contributed by atoms with Crippen molar-refractivity contribution in [3.05, 3.63) is 29.6 Å². The second-order valence-corrected chi connectivity index (χ2v) is 7.88. The number of aryl methyl sites for hydroxylation is 1. The molecule has 12 heteroatoms. The molecule has 3 N–H and O–H groups in total. The lowest BCUT2D eigenvalue weighted by atomic mass is 9.93. The van der Waals surface area contributed by atoms with Gasteiger partial charge in [0.1, 0.15) is 11.6 Å². The number of aliphatic imine (C=N–C) groups is 1. The predicted octanol–water partition coefficient (Wildman–Crippen LogP) is 3.34. The number of hydrogen-bond donors (Lipinski definition) is 3. The van der Waals surface area contributed by atoms with E-state index in [4.69, 9.17) is 4.11 Å². The standard InChI is InChI=1S/C21H21F3N6O3/c1-25-20(33)12-8-26-15(29-19(32)10-3-4-10)5-13(12)28-14-9-30(2)18-16(14)17(31)11(7-27-18)6-21(22,23)24/h5,7-11H,3-4,6H2,1-2H3,(H,25,33)(H2,26,28,29,32)/i1D3. The summed E-state index contributed by atoms with van der Waals surface area (Å²) in [6.07, 6.45) is -1.11. The van der Waals surface area contributed by atoms with E-state index in [0.717, 1.165) is 25.3 Å². The Morgan fingerprint density at radius 2 is 2.06 bits per heavy atom. The first-order valence-corrected chi connectivity index (χ1v) is 9.97. The number of anilines is 3. The van der Waals surface area contributed by atoms with E-state index in [-0.39, 0.29) is 46.0 Å². The molecule has 0 spiro atoms. The number of nitrogens with zero attached hydrogens (tertiary/aromatic N) is 3. The summed E-state index contributed by atoms with van der Waals surface area (Å²) in [7, 11) is 1.54. The molecule has 4 rings (SSSR count). The van der Waals surface area contributed by atoms with E-state index in [0.29, 0.717) is 0 Å². The summed E-state index contributed by atoms with van der Waals surface area (Å²) in [6.45, 7) is -2.81. The quantitative estimate of drug-likeness (QED) is 0.605. The van der Waals surface area contributed by atoms with Crippen molar-refractivity contribution in [3.63, 3.8) is 0 Å². The zero-order valence-electron chi connectivity index (χ0n) is 20.3. The molecule has 1 aliphatic carbocycles. The Bertz CT molecular complexity index is 1270. The minimum Gasteiger partial charge on any atom is -0.355 e. The fourth-order valence-corrected chi connectivity index (χ4v) is 3.51. The average molecular weight is 465 g/mol. The Hall–Kier alpha value is -3.70. The van der Waals surface area contributed by atoms with Gasteiger partial charge in [0.15, 0.2) is 5.78 Å². The molecule has 1 fully saturated rings. The Balaban J connectivity index is 1.71. The van der Waals surface area contributed by atoms with Crippen LogP contribution in [0.2, 0.25) is 0 Å². The summed E-state index contributed by atoms with van der Waals surface area (Å²) in [5.41, 5.74) is -0.320. The maximum atomic E-state index is 13.0. The van der Waals surface area contributed by atoms with Crippen LogP contribution in [0.4, 0.5) is 36.2 Å². The van der Waals surface area contributed by atoms with Gasteiger partial charge in [-0.25, -0.2) is 9.98 Å². The molecule has 0 aromatic carbocycles. The van der Waals surface area contributed by atoms with Gasteiger partial charge >= 0.3 is 6.18 Å². The first kappa shape index (κ1) is 18.8. The number of fused-ring (bicyclic) bond motifs is 1. The third kappa shape index (κ3) is 4.73. The number of halogens is 3. The van der Waals surface area contributed by atoms with Gasteiger partial charge in [-0.1, -0.05) is 0 Å². The van der Waals surface area contributed by atoms with Gasteiger partial charge in [-0.05, 0) is 12.8 Å². The summed E-state index contributed by atoms with van der Waals surface area (Å²) in [4.78, 5) is 45.8. The van der Waals surface area contributed by atoms with Gasteiger partial charge in [-0.2, -0.15) is 13.2 Å². The topological polar surface area (TPSA) is 117 Å². The third-order valence-corrected chi connectivity index (χ3v) is 5.29. The Labute approximate surface area is 190 Å². The molecule has 1 saturated carbocycles. The molecule has 1 unspecified atom stereocenters. The van der Waals surface area contributed by atoms with Gasteiger partial charge in [0.05, 0.1) is 34.8 Å². The summed E-state index contributed by atoms with van der Waals surface area (Å²) >= 11 is 0. The molecule has 0 bridgehead atoms. The number of carbonyl (C=O) groups excluding carboxylic acids is 3. The average Bonchev–Trinajstić information content (AvgIpc) is 3.53. The lowest BCUT2D eigenvalue weighted by Crippen LogP contribution is -2.26. The molecule has 2 amide bonds. The van der Waals surface area contributed by atoms with Gasteiger partial charge in [0, 0.05) is 48.7 Å². The predicted molar refractivity (Wildman–Crippen MR) is 114 cm³/mol. The van der Waals surface area contributed by atoms with Crippen molar-refractivity contribution in [3.8, 4) is 0 Å². The Morgan fingerprint density at radius 1 is 1.30 bits per heavy atom. The van der Waals surface area contributed by atoms with E-state index in [1.54, 1.807) is 0 Å². The molecule has 1 aliphatic heterocycles. The van der Waals surface area contributed by atoms with Crippen LogP contribution in [0.25, 0.3) is 0 Å². The number of aromatic nitrogens is 2. The van der Waals surface area contributed by atoms with Crippen LogP contribution in [0.1, 0.15) is 44.1 Å². The van der Waals surface area contributed by atoms with Crippen molar-refractivity contribution < 1.29 is 31.7 Å². The lowest BCUT2D eigenvalue weighted by molar-refractivity contribution is -0.137. The molecule has 2 aromatic rings. The number of amides is 2. The van der Waals surface area contributed by atoms with Gasteiger partial charge in [0.25, 0.3) is 5.91 Å². The van der Waals surface area contributed by atoms with E-state index >= 15 is 0 Å². The highest BCUT2D eigenvalue weighted by molar-refractivity contribution is 6.16. The van der Waals surface area contributed by atoms with Crippen LogP contribution < -0.4 is 16.0 Å². The van der Waals surface area contributed by atoms with Crippen molar-refractivity contribution in [2.75, 3.05) is 17.6 Å². The summed E-state index contributed by atoms with van der Waals surface area (Å²) < 4.78 is 62.2. The van der Waals surface area contributed by atoms with Gasteiger partial charge in [0.2, 0.25) is 5.91 Å². The van der Waals surface area contributed by atoms with E-state index in [9.17, 15) is 27.6 Å². The third-order valence-electron chi connectivity index (χ3n) is 5.29. The zero-order valence-corrected chi connectivity index (χ0v) is 17.3. The highest BCUT2D eigenvalue weighted by Gasteiger charge is 2.39. The summed E-state index contributed by atoms with van der Waals surface area (Å²) in [6, 6.07) is 1.28. The highest BCUT2D eigenvalue weighted by atomic mass is 19.4. The molecule has 0 radical (unpaired) electrons. The molecule has 0 saturated heterocycles. The monoisotopic (exact) mass is 465 g/mol. The first-order chi connectivity index (χ1) is 16.7. The second-order valence-electron chi connectivity index (χ2n) is 7.88. The zero-order chi connectivity index (χ0) is 26.4. The van der Waals surface area contributed by atoms with Crippen LogP contribution in [0.3, 0.4) is 0 Å². The highest BCUT2D eigenvalue weighted by Crippen LogP contribution is 2.39. The fraction of sp³-hybridized carbons (Fsp3) is 0.381. The van der Waals surface area contributed by atoms with Crippen molar-refractivity contribution >= 4 is 46.8 Å². The maximum absolute atomic E-state index is 13.0. The van der Waals surface area contributed by atoms with Gasteiger partial charge in [-0.3, -0.25) is 14.4 Å². The maximum Gasteiger partial charge on any atom is 0.390 e. The normalized spacial score (nSPS) is 19.2. The minimum absolute atomic E-state index is 0.0269. The van der Waals surface area contributed by atoms with Crippen LogP contribution in [-0.2, 0) is 11.8 Å². The van der Waals surface area contributed by atoms with Crippen LogP contribution in [0.5, 0.6) is 0 Å². The molecular formula is C21H21F3N6O3. The van der Waals surface area contributed by atoms with Crippen molar-refractivity contribution in [1.29, 1.82) is 0 Å². The number of Topliss-reactive ketones (excluding diaryl/α,β-unsaturated/α-hetero) is 1. The first-order valence-electron chi connectivity index (χ1n) is 11.5. The number of hydrogen-bond acceptors (Lipinski definition) is 6. The molecule has 2 aromatic heterocycles. The van der Waals surface area contributed by atoms with E-state index < -0.39 is 37.2 Å². The Morgan fingerprint density at radius 3 is 2.73 bits per heavy atom. The number of pyridine rings is 1. The number of alkyl halides is 3. The Kier molecular flexibility index (Phi) is 4.76. The molecule has 174 valence electrons. The van der Waals surface area contributed by atoms with Gasteiger partial charge in [-0.15, -0.1) is 0 Å². The van der Waals surface area contributed by atoms with Crippen LogP contribution >= 0.6 is 0 Å². The SMILES string of the molecule is [2H]C([2H])([2H])NC(=O)c1cnc(NC(=O)C2CC2)cc1Nc1cn(C)c2c1C(=O)C(CC(F)(F)F)C=N2. The van der Waals surface area contributed by atoms with E-state index in [1.165, 1.54) is 23.9 Å². The second kappa shape index (κ2) is 8.34. The molecule has 2 aliphatic rings. The van der Waals surface area contributed by atoms with Gasteiger partial charge < -0.3 is 20.5 Å². The fourth-order valence-electron chi connectivity index (χ4n) is 3.51. The van der Waals surface area contributed by atoms with Crippen LogP contribution in [0, 0.1) is 11.8 Å². The molecule has 1 atom stereocenters. The van der Waals surface area contributed by atoms with Crippen molar-refractivity contribution in [2.45, 2.75) is 25.4 Å². The summed E-state index contributed by atoms with van der Waals surface area (Å²) in [5, 5.41) is 7.26. The van der Waals surface area contributed by atoms with Crippen LogP contribution in [-0.4, -0.2) is 46.5 Å². The van der Waals surface area contributed by atoms with Crippen LogP contribution in [0.15, 0.2) is 23.5 Å². The minimum atomic E-state index is -4.59. The number of rotatable bonds is 6. The van der Waals surface area contributed by atoms with E-state index in [1.807, 2.05) is 5.32 Å². The van der Waals surface area contributed by atoms with Crippen molar-refractivity contribution in [2.24, 2.45) is 23.9 Å². The largest absolute Gasteiger partial charge is 0.390 e. The molecule has 9 nitrogen and oxygen atoms in total. The number of carbonyl (C=O) groups is 3.